The van der Waals surface area contributed by atoms with Gasteiger partial charge in [-0.2, -0.15) is 0 Å². The Bertz CT molecular complexity index is 1170. The van der Waals surface area contributed by atoms with Crippen molar-refractivity contribution >= 4 is 34.0 Å². The number of amides is 2. The fourth-order valence-corrected chi connectivity index (χ4v) is 4.74. The van der Waals surface area contributed by atoms with Crippen molar-refractivity contribution in [2.75, 3.05) is 49.5 Å². The van der Waals surface area contributed by atoms with Crippen LogP contribution in [0.1, 0.15) is 36.0 Å². The number of para-hydroxylation sites is 1. The maximum Gasteiger partial charge on any atom is 0.253 e. The van der Waals surface area contributed by atoms with Gasteiger partial charge in [0.05, 0.1) is 11.3 Å². The highest BCUT2D eigenvalue weighted by Crippen LogP contribution is 2.32. The van der Waals surface area contributed by atoms with E-state index in [9.17, 15) is 9.59 Å². The summed E-state index contributed by atoms with van der Waals surface area (Å²) >= 11 is 0. The van der Waals surface area contributed by atoms with Crippen LogP contribution in [0.2, 0.25) is 0 Å². The summed E-state index contributed by atoms with van der Waals surface area (Å²) in [6.07, 6.45) is 3.85. The molecule has 2 aliphatic rings. The zero-order valence-electron chi connectivity index (χ0n) is 20.2. The van der Waals surface area contributed by atoms with Gasteiger partial charge in [-0.05, 0) is 67.3 Å². The Balaban J connectivity index is 1.09. The summed E-state index contributed by atoms with van der Waals surface area (Å²) in [5.41, 5.74) is 2.44. The summed E-state index contributed by atoms with van der Waals surface area (Å²) in [6.45, 7) is 5.93. The second kappa shape index (κ2) is 10.9. The van der Waals surface area contributed by atoms with Crippen molar-refractivity contribution in [1.29, 1.82) is 0 Å². The van der Waals surface area contributed by atoms with Crippen LogP contribution in [0.5, 0.6) is 0 Å². The number of nitrogens with zero attached hydrogens (tertiary/aromatic N) is 2. The number of nitrogens with one attached hydrogen (secondary N) is 2. The average Bonchev–Trinajstić information content (AvgIpc) is 3.75. The Morgan fingerprint density at radius 3 is 2.23 bits per heavy atom. The molecule has 1 aliphatic heterocycles. The predicted molar refractivity (Wildman–Crippen MR) is 142 cm³/mol. The second-order valence-electron chi connectivity index (χ2n) is 9.64. The summed E-state index contributed by atoms with van der Waals surface area (Å²) in [6, 6.07) is 22.3. The van der Waals surface area contributed by atoms with Crippen LogP contribution in [-0.4, -0.2) is 56.0 Å². The molecule has 0 spiro atoms. The first-order valence-electron chi connectivity index (χ1n) is 12.8. The molecule has 0 bridgehead atoms. The molecule has 1 heterocycles. The Morgan fingerprint density at radius 2 is 1.51 bits per heavy atom. The molecule has 35 heavy (non-hydrogen) atoms. The van der Waals surface area contributed by atoms with Gasteiger partial charge in [-0.1, -0.05) is 42.5 Å². The number of unbranched alkanes of at least 4 members (excludes halogenated alkanes) is 1. The quantitative estimate of drug-likeness (QED) is 0.452. The van der Waals surface area contributed by atoms with E-state index in [1.807, 2.05) is 36.4 Å². The van der Waals surface area contributed by atoms with Crippen molar-refractivity contribution in [1.82, 2.24) is 10.2 Å². The largest absolute Gasteiger partial charge is 0.369 e. The summed E-state index contributed by atoms with van der Waals surface area (Å²) in [7, 11) is 0. The smallest absolute Gasteiger partial charge is 0.253 e. The van der Waals surface area contributed by atoms with E-state index in [4.69, 9.17) is 0 Å². The molecular weight excluding hydrogens is 436 g/mol. The van der Waals surface area contributed by atoms with E-state index in [-0.39, 0.29) is 17.7 Å². The van der Waals surface area contributed by atoms with E-state index in [2.05, 4.69) is 50.8 Å². The van der Waals surface area contributed by atoms with Crippen molar-refractivity contribution in [2.24, 2.45) is 5.92 Å². The van der Waals surface area contributed by atoms with E-state index < -0.39 is 0 Å². The number of hydrogen-bond donors (Lipinski definition) is 2. The summed E-state index contributed by atoms with van der Waals surface area (Å²) < 4.78 is 0. The van der Waals surface area contributed by atoms with Crippen molar-refractivity contribution in [3.05, 3.63) is 72.3 Å². The molecule has 0 radical (unpaired) electrons. The fourth-order valence-electron chi connectivity index (χ4n) is 4.74. The van der Waals surface area contributed by atoms with Crippen LogP contribution >= 0.6 is 0 Å². The van der Waals surface area contributed by atoms with Crippen LogP contribution in [0.3, 0.4) is 0 Å². The maximum absolute atomic E-state index is 13.0. The number of piperazine rings is 1. The number of carbonyl (C=O) groups excluding carboxylic acids is 2. The number of fused-ring (bicyclic) bond motifs is 1. The van der Waals surface area contributed by atoms with Gasteiger partial charge in [0.2, 0.25) is 5.91 Å². The normalized spacial score (nSPS) is 16.3. The van der Waals surface area contributed by atoms with Crippen molar-refractivity contribution < 1.29 is 9.59 Å². The fraction of sp³-hybridized carbons (Fsp3) is 0.379. The van der Waals surface area contributed by atoms with Gasteiger partial charge in [-0.15, -0.1) is 0 Å². The minimum Gasteiger partial charge on any atom is -0.369 e. The lowest BCUT2D eigenvalue weighted by Gasteiger charge is -2.36. The number of rotatable bonds is 9. The van der Waals surface area contributed by atoms with Gasteiger partial charge in [-0.25, -0.2) is 0 Å². The summed E-state index contributed by atoms with van der Waals surface area (Å²) in [4.78, 5) is 30.4. The molecule has 1 saturated heterocycles. The monoisotopic (exact) mass is 470 g/mol. The number of benzene rings is 3. The molecule has 2 fully saturated rings. The van der Waals surface area contributed by atoms with E-state index in [0.29, 0.717) is 17.8 Å². The van der Waals surface area contributed by atoms with E-state index in [1.165, 1.54) is 5.69 Å². The van der Waals surface area contributed by atoms with Crippen LogP contribution in [-0.2, 0) is 4.79 Å². The van der Waals surface area contributed by atoms with Gasteiger partial charge in [0.1, 0.15) is 0 Å². The number of anilines is 2. The van der Waals surface area contributed by atoms with Crippen LogP contribution in [0.25, 0.3) is 10.8 Å². The third kappa shape index (κ3) is 6.01. The Kier molecular flexibility index (Phi) is 7.28. The van der Waals surface area contributed by atoms with Gasteiger partial charge in [0.15, 0.2) is 0 Å². The van der Waals surface area contributed by atoms with Crippen molar-refractivity contribution in [3.63, 3.8) is 0 Å². The molecule has 3 aromatic rings. The van der Waals surface area contributed by atoms with Crippen LogP contribution in [0, 0.1) is 5.92 Å². The molecule has 0 aromatic heterocycles. The molecule has 0 atom stereocenters. The molecule has 1 saturated carbocycles. The SMILES string of the molecule is O=C(NCCCCN1CCN(c2ccccc2)CC1)c1cc2ccccc2cc1NC(=O)C1CC1. The molecule has 0 unspecified atom stereocenters. The Morgan fingerprint density at radius 1 is 0.829 bits per heavy atom. The van der Waals surface area contributed by atoms with Crippen molar-refractivity contribution in [3.8, 4) is 0 Å². The van der Waals surface area contributed by atoms with Crippen molar-refractivity contribution in [2.45, 2.75) is 25.7 Å². The lowest BCUT2D eigenvalue weighted by atomic mass is 10.0. The molecule has 3 aromatic carbocycles. The highest BCUT2D eigenvalue weighted by atomic mass is 16.2. The van der Waals surface area contributed by atoms with Gasteiger partial charge < -0.3 is 15.5 Å². The minimum atomic E-state index is -0.127. The summed E-state index contributed by atoms with van der Waals surface area (Å²) in [5, 5.41) is 8.08. The highest BCUT2D eigenvalue weighted by molar-refractivity contribution is 6.08. The topological polar surface area (TPSA) is 64.7 Å². The summed E-state index contributed by atoms with van der Waals surface area (Å²) in [5.74, 6) is -0.0213. The van der Waals surface area contributed by atoms with Gasteiger partial charge in [0, 0.05) is 44.3 Å². The van der Waals surface area contributed by atoms with Crippen LogP contribution < -0.4 is 15.5 Å². The number of hydrogen-bond acceptors (Lipinski definition) is 4. The average molecular weight is 471 g/mol. The van der Waals surface area contributed by atoms with E-state index in [1.54, 1.807) is 0 Å². The third-order valence-corrected chi connectivity index (χ3v) is 7.02. The molecule has 6 heteroatoms. The van der Waals surface area contributed by atoms with Crippen LogP contribution in [0.4, 0.5) is 11.4 Å². The molecule has 2 N–H and O–H groups in total. The standard InChI is InChI=1S/C29H34N4O2/c34-28(22-12-13-22)31-27-21-24-9-5-4-8-23(24)20-26(27)29(35)30-14-6-7-15-32-16-18-33(19-17-32)25-10-2-1-3-11-25/h1-5,8-11,20-22H,6-7,12-19H2,(H,30,35)(H,31,34). The lowest BCUT2D eigenvalue weighted by molar-refractivity contribution is -0.117. The molecule has 1 aliphatic carbocycles. The highest BCUT2D eigenvalue weighted by Gasteiger charge is 2.30. The van der Waals surface area contributed by atoms with Gasteiger partial charge in [-0.3, -0.25) is 14.5 Å². The number of carbonyl (C=O) groups is 2. The lowest BCUT2D eigenvalue weighted by Crippen LogP contribution is -2.46. The molecule has 182 valence electrons. The third-order valence-electron chi connectivity index (χ3n) is 7.02. The zero-order chi connectivity index (χ0) is 24.0. The van der Waals surface area contributed by atoms with Gasteiger partial charge >= 0.3 is 0 Å². The Hall–Kier alpha value is -3.38. The molecule has 2 amide bonds. The second-order valence-corrected chi connectivity index (χ2v) is 9.64. The Labute approximate surface area is 207 Å². The zero-order valence-corrected chi connectivity index (χ0v) is 20.2. The molecule has 5 rings (SSSR count). The minimum absolute atomic E-state index is 0.0155. The predicted octanol–water partition coefficient (Wildman–Crippen LogP) is 4.52. The maximum atomic E-state index is 13.0. The van der Waals surface area contributed by atoms with Crippen LogP contribution in [0.15, 0.2) is 66.7 Å². The molecule has 6 nitrogen and oxygen atoms in total. The first kappa shape index (κ1) is 23.4. The first-order chi connectivity index (χ1) is 17.2. The van der Waals surface area contributed by atoms with Gasteiger partial charge in [0.25, 0.3) is 5.91 Å². The van der Waals surface area contributed by atoms with E-state index in [0.717, 1.165) is 69.2 Å². The first-order valence-corrected chi connectivity index (χ1v) is 12.8. The van der Waals surface area contributed by atoms with E-state index >= 15 is 0 Å². The molecular formula is C29H34N4O2.